The minimum atomic E-state index is -2.22. The van der Waals surface area contributed by atoms with Crippen LogP contribution in [0.25, 0.3) is 0 Å². The molecular weight excluding hydrogens is 464 g/mol. The molecule has 0 unspecified atom stereocenters. The summed E-state index contributed by atoms with van der Waals surface area (Å²) in [5, 5.41) is 33.5. The summed E-state index contributed by atoms with van der Waals surface area (Å²) in [6.07, 6.45) is 12.0. The molecule has 4 aliphatic rings. The quantitative estimate of drug-likeness (QED) is 0.167. The number of hydrogen-bond donors (Lipinski definition) is 3. The summed E-state index contributed by atoms with van der Waals surface area (Å²) in [6, 6.07) is 0. The van der Waals surface area contributed by atoms with Gasteiger partial charge in [-0.2, -0.15) is 0 Å². The van der Waals surface area contributed by atoms with E-state index in [1.54, 1.807) is 38.2 Å². The normalized spacial score (nSPS) is 38.4. The number of esters is 1. The first-order chi connectivity index (χ1) is 16.7. The van der Waals surface area contributed by atoms with Crippen molar-refractivity contribution in [1.82, 2.24) is 0 Å². The predicted molar refractivity (Wildman–Crippen MR) is 132 cm³/mol. The van der Waals surface area contributed by atoms with Crippen molar-refractivity contribution in [3.8, 4) is 0 Å². The molecule has 0 saturated heterocycles. The van der Waals surface area contributed by atoms with Crippen molar-refractivity contribution in [2.75, 3.05) is 0 Å². The van der Waals surface area contributed by atoms with Gasteiger partial charge in [0.25, 0.3) is 0 Å². The molecule has 4 rings (SSSR count). The zero-order valence-electron chi connectivity index (χ0n) is 21.2. The largest absolute Gasteiger partial charge is 0.508 e. The molecule has 0 aromatic heterocycles. The maximum absolute atomic E-state index is 13.8. The maximum atomic E-state index is 13.8. The second-order valence-corrected chi connectivity index (χ2v) is 9.93. The van der Waals surface area contributed by atoms with Crippen molar-refractivity contribution in [3.05, 3.63) is 71.3 Å². The van der Waals surface area contributed by atoms with Gasteiger partial charge in [0.1, 0.15) is 22.5 Å². The van der Waals surface area contributed by atoms with Gasteiger partial charge < -0.3 is 20.1 Å². The van der Waals surface area contributed by atoms with Gasteiger partial charge in [0, 0.05) is 23.3 Å². The number of hydrogen-bond acceptors (Lipinski definition) is 8. The van der Waals surface area contributed by atoms with Gasteiger partial charge in [0.2, 0.25) is 0 Å². The summed E-state index contributed by atoms with van der Waals surface area (Å²) < 4.78 is 5.59. The van der Waals surface area contributed by atoms with E-state index in [1.807, 2.05) is 0 Å². The van der Waals surface area contributed by atoms with Crippen LogP contribution in [0.2, 0.25) is 0 Å². The minimum absolute atomic E-state index is 0.0835. The number of rotatable bonds is 6. The molecule has 192 valence electrons. The van der Waals surface area contributed by atoms with E-state index in [4.69, 9.17) is 4.74 Å². The Labute approximate surface area is 210 Å². The number of allylic oxidation sites excluding steroid dienone is 8. The molecule has 0 amide bonds. The van der Waals surface area contributed by atoms with Crippen LogP contribution in [-0.4, -0.2) is 49.8 Å². The maximum Gasteiger partial charge on any atom is 0.338 e. The van der Waals surface area contributed by atoms with E-state index in [0.717, 1.165) is 0 Å². The van der Waals surface area contributed by atoms with E-state index in [1.165, 1.54) is 52.0 Å². The highest BCUT2D eigenvalue weighted by Crippen LogP contribution is 2.64. The highest BCUT2D eigenvalue weighted by atomic mass is 16.6. The van der Waals surface area contributed by atoms with Gasteiger partial charge in [-0.05, 0) is 53.7 Å². The molecule has 3 fully saturated rings. The molecule has 0 aromatic carbocycles. The number of carbonyl (C=O) groups is 4. The first-order valence-corrected chi connectivity index (χ1v) is 11.7. The fraction of sp³-hybridized carbons (Fsp3) is 0.429. The van der Waals surface area contributed by atoms with Gasteiger partial charge in [0.05, 0.1) is 5.57 Å². The molecule has 6 atom stereocenters. The molecule has 3 N–H and O–H groups in total. The SMILES string of the molecule is C/C=C/C=C/C(=O)[C@@H]1[C@@H]([C@]2(C)OC(=O)C(C)=C2O)[C@H]2C(=C(O)/C=C/C=C/C)C(=O)[C@]1(C)C(=O)[C@@]2(C)O. The lowest BCUT2D eigenvalue weighted by atomic mass is 9.40. The number of aliphatic hydroxyl groups is 3. The number of ether oxygens (including phenoxy) is 1. The van der Waals surface area contributed by atoms with Crippen molar-refractivity contribution in [1.29, 1.82) is 0 Å². The molecule has 0 aromatic rings. The molecule has 0 radical (unpaired) electrons. The molecule has 36 heavy (non-hydrogen) atoms. The summed E-state index contributed by atoms with van der Waals surface area (Å²) in [6.45, 7) is 8.72. The van der Waals surface area contributed by atoms with Crippen LogP contribution in [0.5, 0.6) is 0 Å². The lowest BCUT2D eigenvalue weighted by Crippen LogP contribution is -2.75. The van der Waals surface area contributed by atoms with E-state index in [-0.39, 0.29) is 11.1 Å². The summed E-state index contributed by atoms with van der Waals surface area (Å²) in [4.78, 5) is 53.5. The first kappa shape index (κ1) is 27.1. The first-order valence-electron chi connectivity index (χ1n) is 11.7. The zero-order chi connectivity index (χ0) is 27.2. The zero-order valence-corrected chi connectivity index (χ0v) is 21.2. The third-order valence-electron chi connectivity index (χ3n) is 7.68. The number of ketones is 3. The van der Waals surface area contributed by atoms with Gasteiger partial charge in [-0.15, -0.1) is 0 Å². The topological polar surface area (TPSA) is 138 Å². The fourth-order valence-electron chi connectivity index (χ4n) is 5.93. The van der Waals surface area contributed by atoms with Crippen LogP contribution >= 0.6 is 0 Å². The minimum Gasteiger partial charge on any atom is -0.508 e. The van der Waals surface area contributed by atoms with E-state index >= 15 is 0 Å². The Kier molecular flexibility index (Phi) is 6.89. The van der Waals surface area contributed by atoms with Crippen LogP contribution in [-0.2, 0) is 23.9 Å². The van der Waals surface area contributed by atoms with Crippen LogP contribution in [0.15, 0.2) is 71.3 Å². The standard InChI is InChI=1S/C28H32O8/c1-7-9-11-13-16(29)18-20-21(28(6)22(31)15(3)24(33)36-28)19(17(30)14-12-10-8-2)26(4,23(18)32)25(34)27(20,5)35/h7-14,19-21,29,31,35H,1-6H3/b9-7+,10-8+,13-11+,14-12+,18-16?/t19-,20-,21-,26-,27+,28+/m1/s1. The number of carbonyl (C=O) groups excluding carboxylic acids is 4. The van der Waals surface area contributed by atoms with E-state index in [2.05, 4.69) is 0 Å². The molecule has 8 heteroatoms. The number of Topliss-reactive ketones (excluding diaryl/α,β-unsaturated/α-hetero) is 2. The van der Waals surface area contributed by atoms with Crippen molar-refractivity contribution >= 4 is 23.3 Å². The number of aliphatic hydroxyl groups excluding tert-OH is 2. The molecule has 0 spiro atoms. The third kappa shape index (κ3) is 3.63. The molecule has 8 nitrogen and oxygen atoms in total. The van der Waals surface area contributed by atoms with Crippen LogP contribution in [0.1, 0.15) is 41.5 Å². The second-order valence-electron chi connectivity index (χ2n) is 9.93. The molecular formula is C28H32O8. The summed E-state index contributed by atoms with van der Waals surface area (Å²) >= 11 is 0. The molecule has 3 aliphatic carbocycles. The summed E-state index contributed by atoms with van der Waals surface area (Å²) in [5.41, 5.74) is -6.53. The van der Waals surface area contributed by atoms with Crippen LogP contribution in [0.3, 0.4) is 0 Å². The number of cyclic esters (lactones) is 1. The van der Waals surface area contributed by atoms with Gasteiger partial charge in [-0.1, -0.05) is 36.5 Å². The Hall–Kier alpha value is -3.52. The van der Waals surface area contributed by atoms with Crippen molar-refractivity contribution in [3.63, 3.8) is 0 Å². The molecule has 1 heterocycles. The van der Waals surface area contributed by atoms with E-state index in [9.17, 15) is 34.5 Å². The van der Waals surface area contributed by atoms with Crippen LogP contribution < -0.4 is 0 Å². The van der Waals surface area contributed by atoms with E-state index in [0.29, 0.717) is 0 Å². The van der Waals surface area contributed by atoms with Gasteiger partial charge >= 0.3 is 5.97 Å². The summed E-state index contributed by atoms with van der Waals surface area (Å²) in [5.74, 6) is -8.17. The Morgan fingerprint density at radius 2 is 1.53 bits per heavy atom. The Morgan fingerprint density at radius 1 is 0.972 bits per heavy atom. The van der Waals surface area contributed by atoms with Crippen molar-refractivity contribution in [2.45, 2.75) is 52.7 Å². The Balaban J connectivity index is 2.41. The van der Waals surface area contributed by atoms with E-state index < -0.39 is 69.2 Å². The molecule has 2 bridgehead atoms. The van der Waals surface area contributed by atoms with Gasteiger partial charge in [-0.3, -0.25) is 14.4 Å². The van der Waals surface area contributed by atoms with Gasteiger partial charge in [-0.25, -0.2) is 4.79 Å². The Morgan fingerprint density at radius 3 is 2.03 bits per heavy atom. The number of fused-ring (bicyclic) bond motifs is 3. The second kappa shape index (κ2) is 9.17. The van der Waals surface area contributed by atoms with Crippen molar-refractivity contribution in [2.24, 2.45) is 23.2 Å². The molecule has 1 aliphatic heterocycles. The van der Waals surface area contributed by atoms with Crippen LogP contribution in [0, 0.1) is 23.2 Å². The third-order valence-corrected chi connectivity index (χ3v) is 7.68. The lowest BCUT2D eigenvalue weighted by molar-refractivity contribution is -0.203. The average molecular weight is 497 g/mol. The predicted octanol–water partition coefficient (Wildman–Crippen LogP) is 3.55. The smallest absolute Gasteiger partial charge is 0.338 e. The highest BCUT2D eigenvalue weighted by Gasteiger charge is 2.77. The fourth-order valence-corrected chi connectivity index (χ4v) is 5.93. The lowest BCUT2D eigenvalue weighted by Gasteiger charge is -2.60. The van der Waals surface area contributed by atoms with Crippen LogP contribution in [0.4, 0.5) is 0 Å². The highest BCUT2D eigenvalue weighted by molar-refractivity contribution is 6.24. The average Bonchev–Trinajstić information content (AvgIpc) is 3.01. The Bertz CT molecular complexity index is 1210. The monoisotopic (exact) mass is 496 g/mol. The van der Waals surface area contributed by atoms with Crippen molar-refractivity contribution < 1.29 is 39.2 Å². The molecule has 3 saturated carbocycles. The van der Waals surface area contributed by atoms with Gasteiger partial charge in [0.15, 0.2) is 23.0 Å². The summed E-state index contributed by atoms with van der Waals surface area (Å²) in [7, 11) is 0.